The van der Waals surface area contributed by atoms with Gasteiger partial charge in [-0.25, -0.2) is 0 Å². The Morgan fingerprint density at radius 2 is 2.00 bits per heavy atom. The molecule has 106 valence electrons. The van der Waals surface area contributed by atoms with Crippen molar-refractivity contribution in [1.82, 2.24) is 5.32 Å². The number of aryl methyl sites for hydroxylation is 1. The van der Waals surface area contributed by atoms with Gasteiger partial charge in [0.25, 0.3) is 5.91 Å². The summed E-state index contributed by atoms with van der Waals surface area (Å²) in [5.41, 5.74) is 7.84. The van der Waals surface area contributed by atoms with E-state index in [4.69, 9.17) is 5.73 Å². The molecule has 4 nitrogen and oxygen atoms in total. The smallest absolute Gasteiger partial charge is 0.251 e. The molecule has 0 saturated carbocycles. The molecule has 1 aromatic carbocycles. The number of carbonyl (C=O) groups excluding carboxylic acids is 1. The standard InChI is InChI=1S/C15H24N2O2/c1-4-11(5-2)14(18)9-17-15(19)12-6-7-13(16)10(3)8-12/h6-8,11,14,18H,4-5,9,16H2,1-3H3,(H,17,19). The topological polar surface area (TPSA) is 75.3 Å². The van der Waals surface area contributed by atoms with E-state index < -0.39 is 6.10 Å². The van der Waals surface area contributed by atoms with E-state index in [0.717, 1.165) is 18.4 Å². The molecule has 1 unspecified atom stereocenters. The van der Waals surface area contributed by atoms with Gasteiger partial charge in [0, 0.05) is 17.8 Å². The first-order valence-electron chi connectivity index (χ1n) is 6.81. The lowest BCUT2D eigenvalue weighted by molar-refractivity contribution is 0.0816. The molecule has 0 aliphatic heterocycles. The summed E-state index contributed by atoms with van der Waals surface area (Å²) in [6.45, 7) is 6.24. The number of hydrogen-bond acceptors (Lipinski definition) is 3. The predicted molar refractivity (Wildman–Crippen MR) is 78.0 cm³/mol. The average Bonchev–Trinajstić information content (AvgIpc) is 2.40. The first kappa shape index (κ1) is 15.5. The zero-order valence-electron chi connectivity index (χ0n) is 11.9. The van der Waals surface area contributed by atoms with Crippen molar-refractivity contribution in [2.75, 3.05) is 12.3 Å². The molecule has 0 heterocycles. The Kier molecular flexibility index (Phi) is 5.83. The second kappa shape index (κ2) is 7.14. The molecule has 0 aromatic heterocycles. The van der Waals surface area contributed by atoms with Crippen LogP contribution in [0.3, 0.4) is 0 Å². The summed E-state index contributed by atoms with van der Waals surface area (Å²) < 4.78 is 0. The quantitative estimate of drug-likeness (QED) is 0.689. The van der Waals surface area contributed by atoms with E-state index >= 15 is 0 Å². The minimum atomic E-state index is -0.492. The van der Waals surface area contributed by atoms with Crippen LogP contribution in [0.25, 0.3) is 0 Å². The summed E-state index contributed by atoms with van der Waals surface area (Å²) in [6.07, 6.45) is 1.33. The number of anilines is 1. The van der Waals surface area contributed by atoms with E-state index in [0.29, 0.717) is 11.3 Å². The molecule has 1 aromatic rings. The molecule has 0 fully saturated rings. The van der Waals surface area contributed by atoms with Crippen molar-refractivity contribution in [2.24, 2.45) is 5.92 Å². The van der Waals surface area contributed by atoms with Gasteiger partial charge in [0.05, 0.1) is 6.10 Å². The lowest BCUT2D eigenvalue weighted by atomic mass is 9.96. The Balaban J connectivity index is 2.58. The number of nitrogens with one attached hydrogen (secondary N) is 1. The molecule has 1 rings (SSSR count). The van der Waals surface area contributed by atoms with Crippen LogP contribution in [0.1, 0.15) is 42.6 Å². The van der Waals surface area contributed by atoms with E-state index in [1.807, 2.05) is 20.8 Å². The average molecular weight is 264 g/mol. The number of nitrogens with two attached hydrogens (primary N) is 1. The van der Waals surface area contributed by atoms with E-state index in [2.05, 4.69) is 5.32 Å². The van der Waals surface area contributed by atoms with Crippen molar-refractivity contribution in [2.45, 2.75) is 39.7 Å². The van der Waals surface area contributed by atoms with Gasteiger partial charge in [0.1, 0.15) is 0 Å². The van der Waals surface area contributed by atoms with Gasteiger partial charge in [0.15, 0.2) is 0 Å². The fourth-order valence-electron chi connectivity index (χ4n) is 2.12. The van der Waals surface area contributed by atoms with Gasteiger partial charge in [-0.2, -0.15) is 0 Å². The maximum absolute atomic E-state index is 11.9. The minimum absolute atomic E-state index is 0.173. The molecule has 1 amide bonds. The summed E-state index contributed by atoms with van der Waals surface area (Å²) >= 11 is 0. The third-order valence-corrected chi connectivity index (χ3v) is 3.60. The van der Waals surface area contributed by atoms with Crippen LogP contribution in [0.5, 0.6) is 0 Å². The van der Waals surface area contributed by atoms with Gasteiger partial charge in [-0.3, -0.25) is 4.79 Å². The minimum Gasteiger partial charge on any atom is -0.399 e. The highest BCUT2D eigenvalue weighted by Gasteiger charge is 2.16. The van der Waals surface area contributed by atoms with Gasteiger partial charge in [-0.15, -0.1) is 0 Å². The van der Waals surface area contributed by atoms with Crippen molar-refractivity contribution in [3.05, 3.63) is 29.3 Å². The molecular weight excluding hydrogens is 240 g/mol. The molecule has 4 N–H and O–H groups in total. The van der Waals surface area contributed by atoms with Crippen molar-refractivity contribution >= 4 is 11.6 Å². The van der Waals surface area contributed by atoms with Gasteiger partial charge >= 0.3 is 0 Å². The molecule has 0 bridgehead atoms. The monoisotopic (exact) mass is 264 g/mol. The molecule has 0 aliphatic rings. The van der Waals surface area contributed by atoms with Crippen molar-refractivity contribution < 1.29 is 9.90 Å². The summed E-state index contributed by atoms with van der Waals surface area (Å²) in [4.78, 5) is 11.9. The van der Waals surface area contributed by atoms with E-state index in [-0.39, 0.29) is 18.4 Å². The predicted octanol–water partition coefficient (Wildman–Crippen LogP) is 2.10. The van der Waals surface area contributed by atoms with E-state index in [9.17, 15) is 9.90 Å². The number of benzene rings is 1. The number of amides is 1. The van der Waals surface area contributed by atoms with Crippen molar-refractivity contribution in [1.29, 1.82) is 0 Å². The molecule has 1 atom stereocenters. The second-order valence-electron chi connectivity index (χ2n) is 4.93. The lowest BCUT2D eigenvalue weighted by Crippen LogP contribution is -2.36. The zero-order chi connectivity index (χ0) is 14.4. The number of rotatable bonds is 6. The van der Waals surface area contributed by atoms with Gasteiger partial charge in [-0.05, 0) is 36.6 Å². The molecule has 0 aliphatic carbocycles. The Labute approximate surface area is 115 Å². The van der Waals surface area contributed by atoms with Crippen LogP contribution in [-0.4, -0.2) is 23.7 Å². The van der Waals surface area contributed by atoms with Crippen LogP contribution in [0.15, 0.2) is 18.2 Å². The van der Waals surface area contributed by atoms with Gasteiger partial charge in [0.2, 0.25) is 0 Å². The van der Waals surface area contributed by atoms with E-state index in [1.165, 1.54) is 0 Å². The maximum Gasteiger partial charge on any atom is 0.251 e. The lowest BCUT2D eigenvalue weighted by Gasteiger charge is -2.20. The SMILES string of the molecule is CCC(CC)C(O)CNC(=O)c1ccc(N)c(C)c1. The molecule has 19 heavy (non-hydrogen) atoms. The van der Waals surface area contributed by atoms with E-state index in [1.54, 1.807) is 18.2 Å². The fourth-order valence-corrected chi connectivity index (χ4v) is 2.12. The third-order valence-electron chi connectivity index (χ3n) is 3.60. The molecular formula is C15H24N2O2. The Morgan fingerprint density at radius 1 is 1.37 bits per heavy atom. The zero-order valence-corrected chi connectivity index (χ0v) is 11.9. The maximum atomic E-state index is 11.9. The van der Waals surface area contributed by atoms with Crippen molar-refractivity contribution in [3.8, 4) is 0 Å². The number of aliphatic hydroxyl groups excluding tert-OH is 1. The number of hydrogen-bond donors (Lipinski definition) is 3. The molecule has 4 heteroatoms. The fraction of sp³-hybridized carbons (Fsp3) is 0.533. The number of carbonyl (C=O) groups is 1. The first-order valence-corrected chi connectivity index (χ1v) is 6.81. The Hall–Kier alpha value is -1.55. The Bertz CT molecular complexity index is 428. The summed E-state index contributed by atoms with van der Waals surface area (Å²) in [6, 6.07) is 5.18. The van der Waals surface area contributed by atoms with Gasteiger partial charge in [-0.1, -0.05) is 26.7 Å². The first-order chi connectivity index (χ1) is 8.99. The summed E-state index contributed by atoms with van der Waals surface area (Å²) in [7, 11) is 0. The largest absolute Gasteiger partial charge is 0.399 e. The van der Waals surface area contributed by atoms with Crippen LogP contribution < -0.4 is 11.1 Å². The normalized spacial score (nSPS) is 12.5. The summed E-state index contributed by atoms with van der Waals surface area (Å²) in [5.74, 6) is 0.0570. The second-order valence-corrected chi connectivity index (χ2v) is 4.93. The van der Waals surface area contributed by atoms with Crippen LogP contribution in [0.4, 0.5) is 5.69 Å². The van der Waals surface area contributed by atoms with Crippen LogP contribution in [0.2, 0.25) is 0 Å². The highest BCUT2D eigenvalue weighted by atomic mass is 16.3. The number of nitrogen functional groups attached to an aromatic ring is 1. The summed E-state index contributed by atoms with van der Waals surface area (Å²) in [5, 5.41) is 12.7. The van der Waals surface area contributed by atoms with Crippen molar-refractivity contribution in [3.63, 3.8) is 0 Å². The van der Waals surface area contributed by atoms with Crippen LogP contribution >= 0.6 is 0 Å². The highest BCUT2D eigenvalue weighted by molar-refractivity contribution is 5.94. The molecule has 0 radical (unpaired) electrons. The van der Waals surface area contributed by atoms with Crippen LogP contribution in [-0.2, 0) is 0 Å². The third kappa shape index (κ3) is 4.24. The number of aliphatic hydroxyl groups is 1. The molecule has 0 spiro atoms. The van der Waals surface area contributed by atoms with Gasteiger partial charge < -0.3 is 16.2 Å². The highest BCUT2D eigenvalue weighted by Crippen LogP contribution is 2.14. The molecule has 0 saturated heterocycles. The Morgan fingerprint density at radius 3 is 2.53 bits per heavy atom. The van der Waals surface area contributed by atoms with Crippen LogP contribution in [0, 0.1) is 12.8 Å².